The van der Waals surface area contributed by atoms with E-state index in [2.05, 4.69) is 60.3 Å². The van der Waals surface area contributed by atoms with Crippen molar-refractivity contribution in [3.05, 3.63) is 54.0 Å². The molecule has 0 saturated carbocycles. The number of rotatable bonds is 5. The highest BCUT2D eigenvalue weighted by atomic mass is 15.0. The van der Waals surface area contributed by atoms with Crippen LogP contribution < -0.4 is 5.32 Å². The molecule has 1 heterocycles. The zero-order chi connectivity index (χ0) is 13.7. The van der Waals surface area contributed by atoms with Crippen molar-refractivity contribution in [3.63, 3.8) is 0 Å². The first-order valence-electron chi connectivity index (χ1n) is 6.84. The van der Waals surface area contributed by atoms with E-state index in [0.717, 1.165) is 17.9 Å². The Kier molecular flexibility index (Phi) is 4.50. The van der Waals surface area contributed by atoms with Crippen LogP contribution in [0.3, 0.4) is 0 Å². The second-order valence-electron chi connectivity index (χ2n) is 5.00. The Morgan fingerprint density at radius 3 is 2.47 bits per heavy atom. The summed E-state index contributed by atoms with van der Waals surface area (Å²) >= 11 is 0. The predicted molar refractivity (Wildman–Crippen MR) is 79.2 cm³/mol. The van der Waals surface area contributed by atoms with Crippen LogP contribution in [0.1, 0.15) is 50.4 Å². The molecule has 3 heteroatoms. The fourth-order valence-electron chi connectivity index (χ4n) is 2.05. The van der Waals surface area contributed by atoms with E-state index in [1.54, 1.807) is 6.33 Å². The molecule has 0 fully saturated rings. The molecule has 1 aromatic carbocycles. The van der Waals surface area contributed by atoms with Crippen LogP contribution in [0.5, 0.6) is 0 Å². The minimum atomic E-state index is 0.288. The summed E-state index contributed by atoms with van der Waals surface area (Å²) in [6.07, 6.45) is 2.65. The topological polar surface area (TPSA) is 37.8 Å². The Morgan fingerprint density at radius 1 is 1.11 bits per heavy atom. The highest BCUT2D eigenvalue weighted by Gasteiger charge is 2.10. The van der Waals surface area contributed by atoms with Gasteiger partial charge < -0.3 is 5.32 Å². The first kappa shape index (κ1) is 13.5. The molecule has 3 nitrogen and oxygen atoms in total. The number of benzene rings is 1. The molecule has 1 aromatic heterocycles. The number of hydrogen-bond acceptors (Lipinski definition) is 3. The summed E-state index contributed by atoms with van der Waals surface area (Å²) in [5.74, 6) is 1.31. The third-order valence-corrected chi connectivity index (χ3v) is 3.21. The molecule has 0 aliphatic heterocycles. The van der Waals surface area contributed by atoms with Crippen LogP contribution in [0.2, 0.25) is 0 Å². The molecule has 19 heavy (non-hydrogen) atoms. The number of nitrogens with zero attached hydrogens (tertiary/aromatic N) is 2. The summed E-state index contributed by atoms with van der Waals surface area (Å²) in [4.78, 5) is 8.61. The predicted octanol–water partition coefficient (Wildman–Crippen LogP) is 4.16. The van der Waals surface area contributed by atoms with E-state index < -0.39 is 0 Å². The molecule has 0 spiro atoms. The van der Waals surface area contributed by atoms with E-state index >= 15 is 0 Å². The Bertz CT molecular complexity index is 508. The molecule has 1 N–H and O–H groups in total. The standard InChI is InChI=1S/C16H21N3/c1-4-14(13-8-6-5-7-9-13)19-16-10-15(12(2)3)17-11-18-16/h5-12,14H,4H2,1-3H3,(H,17,18,19). The zero-order valence-electron chi connectivity index (χ0n) is 11.8. The molecule has 0 radical (unpaired) electrons. The average Bonchev–Trinajstić information content (AvgIpc) is 2.46. The van der Waals surface area contributed by atoms with Gasteiger partial charge in [-0.3, -0.25) is 0 Å². The smallest absolute Gasteiger partial charge is 0.130 e. The van der Waals surface area contributed by atoms with Crippen LogP contribution in [-0.4, -0.2) is 9.97 Å². The van der Waals surface area contributed by atoms with Gasteiger partial charge in [0.25, 0.3) is 0 Å². The average molecular weight is 255 g/mol. The van der Waals surface area contributed by atoms with Gasteiger partial charge in [-0.25, -0.2) is 9.97 Å². The Morgan fingerprint density at radius 2 is 1.84 bits per heavy atom. The van der Waals surface area contributed by atoms with Crippen molar-refractivity contribution in [3.8, 4) is 0 Å². The van der Waals surface area contributed by atoms with E-state index in [-0.39, 0.29) is 6.04 Å². The lowest BCUT2D eigenvalue weighted by molar-refractivity contribution is 0.740. The van der Waals surface area contributed by atoms with E-state index in [4.69, 9.17) is 0 Å². The van der Waals surface area contributed by atoms with Crippen LogP contribution in [0.25, 0.3) is 0 Å². The second-order valence-corrected chi connectivity index (χ2v) is 5.00. The van der Waals surface area contributed by atoms with Gasteiger partial charge in [-0.2, -0.15) is 0 Å². The summed E-state index contributed by atoms with van der Waals surface area (Å²) < 4.78 is 0. The van der Waals surface area contributed by atoms with Crippen molar-refractivity contribution in [2.45, 2.75) is 39.2 Å². The minimum absolute atomic E-state index is 0.288. The van der Waals surface area contributed by atoms with Gasteiger partial charge in [0.2, 0.25) is 0 Å². The fourth-order valence-corrected chi connectivity index (χ4v) is 2.05. The minimum Gasteiger partial charge on any atom is -0.363 e. The van der Waals surface area contributed by atoms with Crippen molar-refractivity contribution in [1.29, 1.82) is 0 Å². The fraction of sp³-hybridized carbons (Fsp3) is 0.375. The molecule has 0 bridgehead atoms. The van der Waals surface area contributed by atoms with Crippen LogP contribution in [0.4, 0.5) is 5.82 Å². The van der Waals surface area contributed by atoms with Crippen LogP contribution >= 0.6 is 0 Å². The maximum atomic E-state index is 4.31. The largest absolute Gasteiger partial charge is 0.363 e. The highest BCUT2D eigenvalue weighted by Crippen LogP contribution is 2.22. The van der Waals surface area contributed by atoms with Crippen LogP contribution in [-0.2, 0) is 0 Å². The van der Waals surface area contributed by atoms with Crippen LogP contribution in [0, 0.1) is 0 Å². The summed E-state index contributed by atoms with van der Waals surface area (Å²) in [6, 6.07) is 12.8. The maximum Gasteiger partial charge on any atom is 0.130 e. The van der Waals surface area contributed by atoms with E-state index in [1.165, 1.54) is 5.56 Å². The third-order valence-electron chi connectivity index (χ3n) is 3.21. The van der Waals surface area contributed by atoms with Crippen molar-refractivity contribution in [2.24, 2.45) is 0 Å². The first-order valence-corrected chi connectivity index (χ1v) is 6.84. The number of nitrogens with one attached hydrogen (secondary N) is 1. The van der Waals surface area contributed by atoms with E-state index in [9.17, 15) is 0 Å². The van der Waals surface area contributed by atoms with Gasteiger partial charge in [0.1, 0.15) is 12.1 Å². The van der Waals surface area contributed by atoms with Crippen molar-refractivity contribution in [2.75, 3.05) is 5.32 Å². The Hall–Kier alpha value is -1.90. The van der Waals surface area contributed by atoms with Gasteiger partial charge in [0, 0.05) is 11.8 Å². The zero-order valence-corrected chi connectivity index (χ0v) is 11.8. The van der Waals surface area contributed by atoms with Crippen LogP contribution in [0.15, 0.2) is 42.7 Å². The Balaban J connectivity index is 2.17. The normalized spacial score (nSPS) is 12.4. The van der Waals surface area contributed by atoms with Crippen molar-refractivity contribution >= 4 is 5.82 Å². The van der Waals surface area contributed by atoms with Gasteiger partial charge in [-0.05, 0) is 17.9 Å². The number of aromatic nitrogens is 2. The molecule has 0 aliphatic carbocycles. The molecule has 1 unspecified atom stereocenters. The van der Waals surface area contributed by atoms with Gasteiger partial charge in [0.05, 0.1) is 6.04 Å². The monoisotopic (exact) mass is 255 g/mol. The summed E-state index contributed by atoms with van der Waals surface area (Å²) in [5, 5.41) is 3.49. The van der Waals surface area contributed by atoms with Crippen molar-refractivity contribution < 1.29 is 0 Å². The highest BCUT2D eigenvalue weighted by molar-refractivity contribution is 5.39. The molecule has 0 aliphatic rings. The number of anilines is 1. The molecule has 2 aromatic rings. The summed E-state index contributed by atoms with van der Waals surface area (Å²) in [5.41, 5.74) is 2.36. The summed E-state index contributed by atoms with van der Waals surface area (Å²) in [6.45, 7) is 6.45. The van der Waals surface area contributed by atoms with Gasteiger partial charge >= 0.3 is 0 Å². The van der Waals surface area contributed by atoms with Crippen molar-refractivity contribution in [1.82, 2.24) is 9.97 Å². The molecular formula is C16H21N3. The van der Waals surface area contributed by atoms with Gasteiger partial charge in [-0.15, -0.1) is 0 Å². The van der Waals surface area contributed by atoms with Gasteiger partial charge in [-0.1, -0.05) is 51.1 Å². The number of hydrogen-bond donors (Lipinski definition) is 1. The van der Waals surface area contributed by atoms with Gasteiger partial charge in [0.15, 0.2) is 0 Å². The SMILES string of the molecule is CCC(Nc1cc(C(C)C)ncn1)c1ccccc1. The molecular weight excluding hydrogens is 234 g/mol. The first-order chi connectivity index (χ1) is 9.20. The third kappa shape index (κ3) is 3.53. The Labute approximate surface area is 115 Å². The molecule has 1 atom stereocenters. The lowest BCUT2D eigenvalue weighted by atomic mass is 10.0. The maximum absolute atomic E-state index is 4.31. The second kappa shape index (κ2) is 6.32. The lowest BCUT2D eigenvalue weighted by Gasteiger charge is -2.18. The molecule has 0 amide bonds. The quantitative estimate of drug-likeness (QED) is 0.871. The molecule has 2 rings (SSSR count). The lowest BCUT2D eigenvalue weighted by Crippen LogP contribution is -2.11. The van der Waals surface area contributed by atoms with E-state index in [1.807, 2.05) is 12.1 Å². The summed E-state index contributed by atoms with van der Waals surface area (Å²) in [7, 11) is 0. The molecule has 100 valence electrons. The molecule has 0 saturated heterocycles. The van der Waals surface area contributed by atoms with E-state index in [0.29, 0.717) is 5.92 Å².